The van der Waals surface area contributed by atoms with Gasteiger partial charge in [0, 0.05) is 69.2 Å². The molecule has 2 fully saturated rings. The van der Waals surface area contributed by atoms with Crippen molar-refractivity contribution in [3.05, 3.63) is 68.7 Å². The van der Waals surface area contributed by atoms with Crippen LogP contribution in [0.25, 0.3) is 0 Å². The molecule has 35 heavy (non-hydrogen) atoms. The SMILES string of the molecule is CC(=O)N1CCC(CN2CCC(N(C)C(=O)c3ccc(Cl)cc3)C(c3ccc(Cl)c(Cl)c3)C2)CC1. The highest BCUT2D eigenvalue weighted by Crippen LogP contribution is 2.35. The number of likely N-dealkylation sites (N-methyl/N-ethyl adjacent to an activating group) is 1. The van der Waals surface area contributed by atoms with Crippen molar-refractivity contribution in [1.82, 2.24) is 14.7 Å². The highest BCUT2D eigenvalue weighted by Gasteiger charge is 2.36. The van der Waals surface area contributed by atoms with Gasteiger partial charge in [-0.25, -0.2) is 0 Å². The molecule has 0 saturated carbocycles. The van der Waals surface area contributed by atoms with Crippen LogP contribution in [0.1, 0.15) is 48.0 Å². The van der Waals surface area contributed by atoms with Crippen LogP contribution in [0.5, 0.6) is 0 Å². The second-order valence-corrected chi connectivity index (χ2v) is 11.0. The van der Waals surface area contributed by atoms with Crippen LogP contribution < -0.4 is 0 Å². The van der Waals surface area contributed by atoms with Crippen LogP contribution in [0.3, 0.4) is 0 Å². The maximum absolute atomic E-state index is 13.3. The van der Waals surface area contributed by atoms with Crippen molar-refractivity contribution < 1.29 is 9.59 Å². The Morgan fingerprint density at radius 1 is 0.943 bits per heavy atom. The summed E-state index contributed by atoms with van der Waals surface area (Å²) < 4.78 is 0. The highest BCUT2D eigenvalue weighted by atomic mass is 35.5. The van der Waals surface area contributed by atoms with Gasteiger partial charge in [0.25, 0.3) is 5.91 Å². The average Bonchev–Trinajstić information content (AvgIpc) is 2.85. The summed E-state index contributed by atoms with van der Waals surface area (Å²) in [5.41, 5.74) is 1.72. The molecule has 2 heterocycles. The molecule has 2 atom stereocenters. The Kier molecular flexibility index (Phi) is 8.64. The standard InChI is InChI=1S/C27H32Cl3N3O2/c1-18(34)33-13-9-19(10-14-33)16-32-12-11-26(23(17-32)21-5-8-24(29)25(30)15-21)31(2)27(35)20-3-6-22(28)7-4-20/h3-8,15,19,23,26H,9-14,16-17H2,1-2H3. The first kappa shape index (κ1) is 26.3. The lowest BCUT2D eigenvalue weighted by molar-refractivity contribution is -0.130. The molecule has 4 rings (SSSR count). The van der Waals surface area contributed by atoms with E-state index in [-0.39, 0.29) is 23.8 Å². The van der Waals surface area contributed by atoms with E-state index < -0.39 is 0 Å². The number of hydrogen-bond donors (Lipinski definition) is 0. The van der Waals surface area contributed by atoms with Gasteiger partial charge in [0.2, 0.25) is 5.91 Å². The van der Waals surface area contributed by atoms with Gasteiger partial charge < -0.3 is 14.7 Å². The van der Waals surface area contributed by atoms with Gasteiger partial charge in [-0.2, -0.15) is 0 Å². The summed E-state index contributed by atoms with van der Waals surface area (Å²) in [5, 5.41) is 1.67. The molecule has 0 spiro atoms. The number of benzene rings is 2. The predicted octanol–water partition coefficient (Wildman–Crippen LogP) is 5.84. The molecule has 2 amide bonds. The number of likely N-dealkylation sites (tertiary alicyclic amines) is 2. The zero-order valence-electron chi connectivity index (χ0n) is 20.2. The second-order valence-electron chi connectivity index (χ2n) is 9.77. The Balaban J connectivity index is 1.51. The van der Waals surface area contributed by atoms with Crippen molar-refractivity contribution >= 4 is 46.6 Å². The molecule has 0 aliphatic carbocycles. The van der Waals surface area contributed by atoms with E-state index in [9.17, 15) is 9.59 Å². The Morgan fingerprint density at radius 3 is 2.26 bits per heavy atom. The van der Waals surface area contributed by atoms with Crippen LogP contribution in [-0.2, 0) is 4.79 Å². The molecule has 8 heteroatoms. The molecule has 0 aromatic heterocycles. The van der Waals surface area contributed by atoms with Crippen molar-refractivity contribution in [2.45, 2.75) is 38.1 Å². The monoisotopic (exact) mass is 535 g/mol. The normalized spacial score (nSPS) is 21.7. The minimum absolute atomic E-state index is 0.0122. The maximum atomic E-state index is 13.3. The second kappa shape index (κ2) is 11.5. The van der Waals surface area contributed by atoms with E-state index in [4.69, 9.17) is 34.8 Å². The first-order valence-electron chi connectivity index (χ1n) is 12.2. The van der Waals surface area contributed by atoms with E-state index in [2.05, 4.69) is 4.90 Å². The van der Waals surface area contributed by atoms with Crippen LogP contribution in [0.4, 0.5) is 0 Å². The first-order valence-corrected chi connectivity index (χ1v) is 13.3. The van der Waals surface area contributed by atoms with Gasteiger partial charge in [-0.1, -0.05) is 40.9 Å². The number of carbonyl (C=O) groups is 2. The molecular weight excluding hydrogens is 505 g/mol. The van der Waals surface area contributed by atoms with Gasteiger partial charge in [-0.15, -0.1) is 0 Å². The van der Waals surface area contributed by atoms with Gasteiger partial charge >= 0.3 is 0 Å². The number of halogens is 3. The van der Waals surface area contributed by atoms with E-state index >= 15 is 0 Å². The molecule has 2 aromatic carbocycles. The van der Waals surface area contributed by atoms with Crippen LogP contribution in [0, 0.1) is 5.92 Å². The average molecular weight is 537 g/mol. The van der Waals surface area contributed by atoms with E-state index in [1.165, 1.54) is 0 Å². The minimum atomic E-state index is -0.0122. The Morgan fingerprint density at radius 2 is 1.63 bits per heavy atom. The quantitative estimate of drug-likeness (QED) is 0.482. The predicted molar refractivity (Wildman–Crippen MR) is 143 cm³/mol. The van der Waals surface area contributed by atoms with Crippen LogP contribution >= 0.6 is 34.8 Å². The fraction of sp³-hybridized carbons (Fsp3) is 0.481. The van der Waals surface area contributed by atoms with Crippen molar-refractivity contribution in [1.29, 1.82) is 0 Å². The van der Waals surface area contributed by atoms with E-state index in [0.29, 0.717) is 26.5 Å². The molecule has 0 N–H and O–H groups in total. The summed E-state index contributed by atoms with van der Waals surface area (Å²) in [6.45, 7) is 6.09. The molecule has 0 bridgehead atoms. The lowest BCUT2D eigenvalue weighted by atomic mass is 9.84. The Hall–Kier alpha value is -1.79. The molecule has 188 valence electrons. The van der Waals surface area contributed by atoms with Crippen LogP contribution in [-0.4, -0.2) is 72.3 Å². The van der Waals surface area contributed by atoms with Crippen molar-refractivity contribution in [2.24, 2.45) is 5.92 Å². The number of amides is 2. The molecule has 5 nitrogen and oxygen atoms in total. The third-order valence-corrected chi connectivity index (χ3v) is 8.51. The van der Waals surface area contributed by atoms with Crippen LogP contribution in [0.15, 0.2) is 42.5 Å². The molecular formula is C27H32Cl3N3O2. The Bertz CT molecular complexity index is 1050. The largest absolute Gasteiger partial charge is 0.343 e. The molecule has 2 saturated heterocycles. The fourth-order valence-electron chi connectivity index (χ4n) is 5.45. The smallest absolute Gasteiger partial charge is 0.253 e. The van der Waals surface area contributed by atoms with Crippen LogP contribution in [0.2, 0.25) is 15.1 Å². The molecule has 2 aromatic rings. The molecule has 2 aliphatic heterocycles. The minimum Gasteiger partial charge on any atom is -0.343 e. The van der Waals surface area contributed by atoms with E-state index in [1.54, 1.807) is 31.2 Å². The van der Waals surface area contributed by atoms with E-state index in [0.717, 1.165) is 57.5 Å². The van der Waals surface area contributed by atoms with Crippen molar-refractivity contribution in [3.63, 3.8) is 0 Å². The summed E-state index contributed by atoms with van der Waals surface area (Å²) >= 11 is 18.6. The lowest BCUT2D eigenvalue weighted by Gasteiger charge is -2.44. The summed E-state index contributed by atoms with van der Waals surface area (Å²) in [6, 6.07) is 12.9. The molecule has 2 unspecified atom stereocenters. The summed E-state index contributed by atoms with van der Waals surface area (Å²) in [4.78, 5) is 31.3. The number of nitrogens with zero attached hydrogens (tertiary/aromatic N) is 3. The van der Waals surface area contributed by atoms with E-state index in [1.807, 2.05) is 35.0 Å². The fourth-order valence-corrected chi connectivity index (χ4v) is 5.88. The van der Waals surface area contributed by atoms with Crippen molar-refractivity contribution in [2.75, 3.05) is 39.8 Å². The lowest BCUT2D eigenvalue weighted by Crippen LogP contribution is -2.51. The zero-order valence-corrected chi connectivity index (χ0v) is 22.5. The third kappa shape index (κ3) is 6.32. The Labute approximate surface area is 222 Å². The first-order chi connectivity index (χ1) is 16.7. The number of carbonyl (C=O) groups excluding carboxylic acids is 2. The molecule has 0 radical (unpaired) electrons. The molecule has 2 aliphatic rings. The van der Waals surface area contributed by atoms with Gasteiger partial charge in [-0.3, -0.25) is 9.59 Å². The summed E-state index contributed by atoms with van der Waals surface area (Å²) in [6.07, 6.45) is 2.94. The third-order valence-electron chi connectivity index (χ3n) is 7.52. The summed E-state index contributed by atoms with van der Waals surface area (Å²) in [5.74, 6) is 0.834. The van der Waals surface area contributed by atoms with Gasteiger partial charge in [-0.05, 0) is 67.1 Å². The highest BCUT2D eigenvalue weighted by molar-refractivity contribution is 6.42. The van der Waals surface area contributed by atoms with Gasteiger partial charge in [0.05, 0.1) is 10.0 Å². The topological polar surface area (TPSA) is 43.9 Å². The number of piperidine rings is 2. The number of hydrogen-bond acceptors (Lipinski definition) is 3. The van der Waals surface area contributed by atoms with Gasteiger partial charge in [0.1, 0.15) is 0 Å². The van der Waals surface area contributed by atoms with Gasteiger partial charge in [0.15, 0.2) is 0 Å². The zero-order chi connectivity index (χ0) is 25.1. The maximum Gasteiger partial charge on any atom is 0.253 e. The van der Waals surface area contributed by atoms with Crippen molar-refractivity contribution in [3.8, 4) is 0 Å². The number of rotatable bonds is 5. The summed E-state index contributed by atoms with van der Waals surface area (Å²) in [7, 11) is 1.89.